The second-order valence-electron chi connectivity index (χ2n) is 5.34. The average molecular weight is 461 g/mol. The van der Waals surface area contributed by atoms with E-state index in [-0.39, 0.29) is 22.1 Å². The zero-order chi connectivity index (χ0) is 19.8. The molecule has 0 atom stereocenters. The lowest BCUT2D eigenvalue weighted by Gasteiger charge is -2.15. The van der Waals surface area contributed by atoms with Gasteiger partial charge in [-0.25, -0.2) is 4.39 Å². The first-order valence-electron chi connectivity index (χ1n) is 7.32. The van der Waals surface area contributed by atoms with Crippen molar-refractivity contribution in [1.82, 2.24) is 5.32 Å². The summed E-state index contributed by atoms with van der Waals surface area (Å²) in [5, 5.41) is 2.70. The molecule has 1 fully saturated rings. The van der Waals surface area contributed by atoms with Crippen LogP contribution in [0.3, 0.4) is 0 Å². The molecule has 0 bridgehead atoms. The summed E-state index contributed by atoms with van der Waals surface area (Å²) in [6, 6.07) is 8.90. The van der Waals surface area contributed by atoms with Crippen LogP contribution in [0.15, 0.2) is 52.6 Å². The summed E-state index contributed by atoms with van der Waals surface area (Å²) >= 11 is 8.33. The summed E-state index contributed by atoms with van der Waals surface area (Å²) < 4.78 is 55.0. The van der Waals surface area contributed by atoms with Crippen LogP contribution in [0.2, 0.25) is 0 Å². The first kappa shape index (κ1) is 19.3. The van der Waals surface area contributed by atoms with Gasteiger partial charge in [0, 0.05) is 10.0 Å². The molecular formula is C17H9BrF4N2O2S. The molecule has 0 saturated carbocycles. The van der Waals surface area contributed by atoms with E-state index in [0.717, 1.165) is 17.0 Å². The van der Waals surface area contributed by atoms with Crippen LogP contribution in [0.5, 0.6) is 5.75 Å². The number of nitrogens with one attached hydrogen (secondary N) is 1. The Hall–Kier alpha value is -2.46. The van der Waals surface area contributed by atoms with Crippen molar-refractivity contribution in [3.8, 4) is 5.75 Å². The maximum absolute atomic E-state index is 13.9. The van der Waals surface area contributed by atoms with Gasteiger partial charge >= 0.3 is 6.36 Å². The summed E-state index contributed by atoms with van der Waals surface area (Å²) in [5.74, 6) is -1.52. The van der Waals surface area contributed by atoms with Crippen LogP contribution in [-0.4, -0.2) is 17.4 Å². The fourth-order valence-corrected chi connectivity index (χ4v) is 3.02. The number of benzene rings is 2. The summed E-state index contributed by atoms with van der Waals surface area (Å²) in [4.78, 5) is 13.7. The van der Waals surface area contributed by atoms with E-state index in [1.165, 1.54) is 36.4 Å². The largest absolute Gasteiger partial charge is 0.573 e. The number of carbonyl (C=O) groups excluding carboxylic acids is 1. The normalized spacial score (nSPS) is 16.0. The second kappa shape index (κ2) is 7.28. The van der Waals surface area contributed by atoms with Crippen LogP contribution in [-0.2, 0) is 4.79 Å². The third-order valence-electron chi connectivity index (χ3n) is 3.46. The van der Waals surface area contributed by atoms with Crippen molar-refractivity contribution in [2.75, 3.05) is 4.90 Å². The van der Waals surface area contributed by atoms with Crippen molar-refractivity contribution in [3.05, 3.63) is 64.0 Å². The number of ether oxygens (including phenoxy) is 1. The first-order valence-corrected chi connectivity index (χ1v) is 8.52. The Morgan fingerprint density at radius 2 is 1.81 bits per heavy atom. The van der Waals surface area contributed by atoms with Crippen molar-refractivity contribution in [3.63, 3.8) is 0 Å². The molecule has 4 nitrogen and oxygen atoms in total. The zero-order valence-corrected chi connectivity index (χ0v) is 15.6. The van der Waals surface area contributed by atoms with E-state index in [1.807, 2.05) is 0 Å². The van der Waals surface area contributed by atoms with E-state index in [4.69, 9.17) is 12.2 Å². The van der Waals surface area contributed by atoms with Gasteiger partial charge in [0.15, 0.2) is 5.11 Å². The topological polar surface area (TPSA) is 41.6 Å². The van der Waals surface area contributed by atoms with Gasteiger partial charge in [-0.2, -0.15) is 0 Å². The monoisotopic (exact) mass is 460 g/mol. The summed E-state index contributed by atoms with van der Waals surface area (Å²) in [7, 11) is 0. The second-order valence-corrected chi connectivity index (χ2v) is 6.64. The molecule has 140 valence electrons. The van der Waals surface area contributed by atoms with Crippen LogP contribution in [0, 0.1) is 5.82 Å². The Labute approximate surface area is 164 Å². The minimum absolute atomic E-state index is 0.0196. The maximum Gasteiger partial charge on any atom is 0.573 e. The number of halogens is 5. The Morgan fingerprint density at radius 1 is 1.15 bits per heavy atom. The van der Waals surface area contributed by atoms with E-state index >= 15 is 0 Å². The van der Waals surface area contributed by atoms with E-state index in [9.17, 15) is 22.4 Å². The van der Waals surface area contributed by atoms with Crippen LogP contribution in [0.25, 0.3) is 6.08 Å². The Kier molecular flexibility index (Phi) is 5.20. The van der Waals surface area contributed by atoms with Gasteiger partial charge < -0.3 is 10.1 Å². The molecule has 0 aliphatic carbocycles. The highest BCUT2D eigenvalue weighted by Crippen LogP contribution is 2.28. The van der Waals surface area contributed by atoms with Crippen molar-refractivity contribution in [2.45, 2.75) is 6.36 Å². The number of alkyl halides is 3. The molecule has 10 heteroatoms. The molecule has 1 aliphatic rings. The lowest BCUT2D eigenvalue weighted by molar-refractivity contribution is -0.274. The Balaban J connectivity index is 1.86. The number of rotatable bonds is 3. The molecule has 2 aromatic rings. The van der Waals surface area contributed by atoms with Gasteiger partial charge in [-0.15, -0.1) is 13.2 Å². The molecule has 1 heterocycles. The third-order valence-corrected chi connectivity index (χ3v) is 4.24. The number of thiocarbonyl (C=S) groups is 1. The number of anilines is 1. The maximum atomic E-state index is 13.9. The van der Waals surface area contributed by atoms with E-state index in [0.29, 0.717) is 4.47 Å². The summed E-state index contributed by atoms with van der Waals surface area (Å²) in [5.41, 5.74) is 0.441. The van der Waals surface area contributed by atoms with Gasteiger partial charge in [0.1, 0.15) is 17.3 Å². The number of carbonyl (C=O) groups is 1. The van der Waals surface area contributed by atoms with Crippen molar-refractivity contribution in [1.29, 1.82) is 0 Å². The number of amides is 1. The van der Waals surface area contributed by atoms with E-state index < -0.39 is 23.8 Å². The first-order chi connectivity index (χ1) is 12.6. The molecule has 0 spiro atoms. The Bertz CT molecular complexity index is 945. The van der Waals surface area contributed by atoms with Crippen molar-refractivity contribution < 1.29 is 27.1 Å². The van der Waals surface area contributed by atoms with Gasteiger partial charge in [-0.05, 0) is 60.8 Å². The highest BCUT2D eigenvalue weighted by atomic mass is 79.9. The van der Waals surface area contributed by atoms with Crippen LogP contribution in [0.4, 0.5) is 23.2 Å². The highest BCUT2D eigenvalue weighted by Gasteiger charge is 2.33. The number of hydrogen-bond acceptors (Lipinski definition) is 3. The third kappa shape index (κ3) is 4.45. The number of nitrogens with zero attached hydrogens (tertiary/aromatic N) is 1. The van der Waals surface area contributed by atoms with Gasteiger partial charge in [0.2, 0.25) is 0 Å². The van der Waals surface area contributed by atoms with Gasteiger partial charge in [0.05, 0.1) is 5.69 Å². The van der Waals surface area contributed by atoms with Gasteiger partial charge in [-0.1, -0.05) is 15.9 Å². The van der Waals surface area contributed by atoms with Crippen LogP contribution >= 0.6 is 28.1 Å². The lowest BCUT2D eigenvalue weighted by atomic mass is 10.1. The zero-order valence-electron chi connectivity index (χ0n) is 13.2. The van der Waals surface area contributed by atoms with Crippen LogP contribution < -0.4 is 15.0 Å². The highest BCUT2D eigenvalue weighted by molar-refractivity contribution is 9.10. The molecule has 27 heavy (non-hydrogen) atoms. The van der Waals surface area contributed by atoms with Gasteiger partial charge in [-0.3, -0.25) is 9.69 Å². The summed E-state index contributed by atoms with van der Waals surface area (Å²) in [6.07, 6.45) is -3.51. The fourth-order valence-electron chi connectivity index (χ4n) is 2.35. The minimum Gasteiger partial charge on any atom is -0.406 e. The molecular weight excluding hydrogens is 452 g/mol. The standard InChI is InChI=1S/C17H9BrF4N2O2S/c18-10-1-6-13(19)9(7-10)8-14-15(25)24(16(27)23-14)11-2-4-12(5-3-11)26-17(20,21)22/h1-8H,(H,23,27)/b14-8-. The molecule has 1 aliphatic heterocycles. The van der Waals surface area contributed by atoms with E-state index in [1.54, 1.807) is 0 Å². The predicted molar refractivity (Wildman–Crippen MR) is 98.4 cm³/mol. The Morgan fingerprint density at radius 3 is 2.44 bits per heavy atom. The molecule has 1 amide bonds. The quantitative estimate of drug-likeness (QED) is 0.407. The predicted octanol–water partition coefficient (Wildman–Crippen LogP) is 4.75. The molecule has 1 saturated heterocycles. The van der Waals surface area contributed by atoms with Crippen LogP contribution in [0.1, 0.15) is 5.56 Å². The SMILES string of the molecule is O=C1/C(=C/c2cc(Br)ccc2F)NC(=S)N1c1ccc(OC(F)(F)F)cc1. The van der Waals surface area contributed by atoms with E-state index in [2.05, 4.69) is 26.0 Å². The summed E-state index contributed by atoms with van der Waals surface area (Å²) in [6.45, 7) is 0. The number of hydrogen-bond donors (Lipinski definition) is 1. The van der Waals surface area contributed by atoms with Crippen molar-refractivity contribution in [2.24, 2.45) is 0 Å². The minimum atomic E-state index is -4.81. The molecule has 3 rings (SSSR count). The van der Waals surface area contributed by atoms with Crippen molar-refractivity contribution >= 4 is 50.9 Å². The molecule has 2 aromatic carbocycles. The average Bonchev–Trinajstić information content (AvgIpc) is 2.84. The smallest absolute Gasteiger partial charge is 0.406 e. The molecule has 0 unspecified atom stereocenters. The molecule has 1 N–H and O–H groups in total. The molecule has 0 aromatic heterocycles. The lowest BCUT2D eigenvalue weighted by Crippen LogP contribution is -2.30. The molecule has 0 radical (unpaired) electrons. The van der Waals surface area contributed by atoms with Gasteiger partial charge in [0.25, 0.3) is 5.91 Å². The fraction of sp³-hybridized carbons (Fsp3) is 0.0588.